The first-order valence-corrected chi connectivity index (χ1v) is 7.74. The van der Waals surface area contributed by atoms with Crippen LogP contribution in [-0.4, -0.2) is 15.7 Å². The monoisotopic (exact) mass is 296 g/mol. The summed E-state index contributed by atoms with van der Waals surface area (Å²) in [6.45, 7) is 10.4. The topological polar surface area (TPSA) is 50.2 Å². The minimum atomic E-state index is 0.507. The van der Waals surface area contributed by atoms with Crippen molar-refractivity contribution in [2.45, 2.75) is 47.0 Å². The van der Waals surface area contributed by atoms with E-state index in [1.807, 2.05) is 19.9 Å². The number of benzene rings is 1. The Kier molecular flexibility index (Phi) is 5.26. The van der Waals surface area contributed by atoms with Crippen molar-refractivity contribution >= 4 is 11.7 Å². The van der Waals surface area contributed by atoms with Gasteiger partial charge in [0.25, 0.3) is 0 Å². The molecule has 1 heterocycles. The molecule has 1 N–H and O–H groups in total. The summed E-state index contributed by atoms with van der Waals surface area (Å²) in [7, 11) is 0. The Morgan fingerprint density at radius 3 is 2.68 bits per heavy atom. The summed E-state index contributed by atoms with van der Waals surface area (Å²) in [5, 5.41) is 4.42. The van der Waals surface area contributed by atoms with Crippen LogP contribution in [0, 0.1) is 6.92 Å². The van der Waals surface area contributed by atoms with Crippen LogP contribution in [0.2, 0.25) is 0 Å². The lowest BCUT2D eigenvalue weighted by Gasteiger charge is -2.08. The highest BCUT2D eigenvalue weighted by molar-refractivity contribution is 5.99. The molecule has 0 amide bonds. The number of aromatic nitrogens is 2. The number of hydrogen-bond acceptors (Lipinski definition) is 4. The third-order valence-corrected chi connectivity index (χ3v) is 3.56. The SMILES string of the molecule is CCc1cc(C)nc(NN=C(C)c2cccc(C(C)C)c2)n1. The quantitative estimate of drug-likeness (QED) is 0.661. The van der Waals surface area contributed by atoms with Crippen molar-refractivity contribution < 1.29 is 0 Å². The lowest BCUT2D eigenvalue weighted by Crippen LogP contribution is -2.05. The molecule has 22 heavy (non-hydrogen) atoms. The Morgan fingerprint density at radius 1 is 1.23 bits per heavy atom. The molecular formula is C18H24N4. The summed E-state index contributed by atoms with van der Waals surface area (Å²) in [6, 6.07) is 10.5. The van der Waals surface area contributed by atoms with E-state index in [-0.39, 0.29) is 0 Å². The van der Waals surface area contributed by atoms with Gasteiger partial charge in [-0.15, -0.1) is 0 Å². The van der Waals surface area contributed by atoms with E-state index in [2.05, 4.69) is 65.5 Å². The molecular weight excluding hydrogens is 272 g/mol. The summed E-state index contributed by atoms with van der Waals surface area (Å²) in [5.74, 6) is 1.06. The lowest BCUT2D eigenvalue weighted by molar-refractivity contribution is 0.866. The molecule has 0 saturated heterocycles. The number of nitrogens with zero attached hydrogens (tertiary/aromatic N) is 3. The Balaban J connectivity index is 2.19. The molecule has 0 fully saturated rings. The van der Waals surface area contributed by atoms with Crippen molar-refractivity contribution in [3.63, 3.8) is 0 Å². The Bertz CT molecular complexity index is 675. The van der Waals surface area contributed by atoms with E-state index in [0.717, 1.165) is 29.1 Å². The van der Waals surface area contributed by atoms with Crippen molar-refractivity contribution in [3.8, 4) is 0 Å². The summed E-state index contributed by atoms with van der Waals surface area (Å²) in [5.41, 5.74) is 8.29. The van der Waals surface area contributed by atoms with Gasteiger partial charge in [-0.25, -0.2) is 15.4 Å². The van der Waals surface area contributed by atoms with Gasteiger partial charge in [-0.3, -0.25) is 0 Å². The largest absolute Gasteiger partial charge is 0.245 e. The van der Waals surface area contributed by atoms with Gasteiger partial charge in [0.15, 0.2) is 0 Å². The highest BCUT2D eigenvalue weighted by atomic mass is 15.4. The molecule has 4 heteroatoms. The third kappa shape index (κ3) is 4.13. The molecule has 0 saturated carbocycles. The van der Waals surface area contributed by atoms with Gasteiger partial charge in [0, 0.05) is 11.4 Å². The minimum absolute atomic E-state index is 0.507. The number of nitrogens with one attached hydrogen (secondary N) is 1. The number of hydrazone groups is 1. The van der Waals surface area contributed by atoms with E-state index >= 15 is 0 Å². The second-order valence-electron chi connectivity index (χ2n) is 5.77. The zero-order valence-electron chi connectivity index (χ0n) is 14.0. The van der Waals surface area contributed by atoms with Gasteiger partial charge in [-0.2, -0.15) is 5.10 Å². The molecule has 0 unspecified atom stereocenters. The maximum Gasteiger partial charge on any atom is 0.243 e. The average molecular weight is 296 g/mol. The first-order chi connectivity index (χ1) is 10.5. The predicted molar refractivity (Wildman–Crippen MR) is 92.5 cm³/mol. The molecule has 116 valence electrons. The molecule has 0 aliphatic heterocycles. The van der Waals surface area contributed by atoms with Gasteiger partial charge in [-0.1, -0.05) is 39.0 Å². The minimum Gasteiger partial charge on any atom is -0.245 e. The van der Waals surface area contributed by atoms with Gasteiger partial charge in [-0.05, 0) is 49.4 Å². The fourth-order valence-electron chi connectivity index (χ4n) is 2.19. The van der Waals surface area contributed by atoms with Crippen molar-refractivity contribution in [3.05, 3.63) is 52.8 Å². The normalized spacial score (nSPS) is 11.8. The average Bonchev–Trinajstić information content (AvgIpc) is 2.52. The molecule has 0 aliphatic carbocycles. The van der Waals surface area contributed by atoms with Crippen LogP contribution in [0.25, 0.3) is 0 Å². The Morgan fingerprint density at radius 2 is 2.00 bits per heavy atom. The molecule has 0 atom stereocenters. The first kappa shape index (κ1) is 16.1. The number of anilines is 1. The molecule has 0 aliphatic rings. The summed E-state index contributed by atoms with van der Waals surface area (Å²) in [4.78, 5) is 8.80. The van der Waals surface area contributed by atoms with Crippen LogP contribution in [0.1, 0.15) is 56.1 Å². The van der Waals surface area contributed by atoms with E-state index in [1.165, 1.54) is 5.56 Å². The van der Waals surface area contributed by atoms with E-state index in [4.69, 9.17) is 0 Å². The zero-order chi connectivity index (χ0) is 16.1. The highest BCUT2D eigenvalue weighted by Crippen LogP contribution is 2.16. The van der Waals surface area contributed by atoms with E-state index in [9.17, 15) is 0 Å². The fraction of sp³-hybridized carbons (Fsp3) is 0.389. The third-order valence-electron chi connectivity index (χ3n) is 3.56. The first-order valence-electron chi connectivity index (χ1n) is 7.74. The zero-order valence-corrected chi connectivity index (χ0v) is 14.0. The predicted octanol–water partition coefficient (Wildman–Crippen LogP) is 4.31. The molecule has 1 aromatic carbocycles. The lowest BCUT2D eigenvalue weighted by atomic mass is 9.99. The Hall–Kier alpha value is -2.23. The smallest absolute Gasteiger partial charge is 0.243 e. The maximum atomic E-state index is 4.43. The van der Waals surface area contributed by atoms with Crippen LogP contribution >= 0.6 is 0 Å². The summed E-state index contributed by atoms with van der Waals surface area (Å²) in [6.07, 6.45) is 0.886. The van der Waals surface area contributed by atoms with Crippen LogP contribution in [-0.2, 0) is 6.42 Å². The standard InChI is InChI=1S/C18H24N4/c1-6-17-10-13(4)19-18(20-17)22-21-14(5)16-9-7-8-15(11-16)12(2)3/h7-12H,6H2,1-5H3,(H,19,20,22). The maximum absolute atomic E-state index is 4.43. The van der Waals surface area contributed by atoms with Crippen molar-refractivity contribution in [1.29, 1.82) is 0 Å². The molecule has 0 radical (unpaired) electrons. The second kappa shape index (κ2) is 7.16. The van der Waals surface area contributed by atoms with Gasteiger partial charge < -0.3 is 0 Å². The van der Waals surface area contributed by atoms with E-state index in [0.29, 0.717) is 11.9 Å². The second-order valence-corrected chi connectivity index (χ2v) is 5.77. The highest BCUT2D eigenvalue weighted by Gasteiger charge is 2.04. The van der Waals surface area contributed by atoms with Crippen LogP contribution < -0.4 is 5.43 Å². The molecule has 0 bridgehead atoms. The van der Waals surface area contributed by atoms with Gasteiger partial charge in [0.05, 0.1) is 5.71 Å². The van der Waals surface area contributed by atoms with Crippen LogP contribution in [0.4, 0.5) is 5.95 Å². The number of rotatable bonds is 5. The van der Waals surface area contributed by atoms with Crippen LogP contribution in [0.5, 0.6) is 0 Å². The van der Waals surface area contributed by atoms with E-state index < -0.39 is 0 Å². The Labute approximate surface area is 132 Å². The van der Waals surface area contributed by atoms with Gasteiger partial charge >= 0.3 is 0 Å². The van der Waals surface area contributed by atoms with E-state index in [1.54, 1.807) is 0 Å². The molecule has 2 rings (SSSR count). The fourth-order valence-corrected chi connectivity index (χ4v) is 2.19. The van der Waals surface area contributed by atoms with Crippen LogP contribution in [0.15, 0.2) is 35.4 Å². The molecule has 0 spiro atoms. The summed E-state index contributed by atoms with van der Waals surface area (Å²) < 4.78 is 0. The van der Waals surface area contributed by atoms with Crippen molar-refractivity contribution in [2.75, 3.05) is 5.43 Å². The van der Waals surface area contributed by atoms with Gasteiger partial charge in [0.2, 0.25) is 5.95 Å². The molecule has 4 nitrogen and oxygen atoms in total. The van der Waals surface area contributed by atoms with Gasteiger partial charge in [0.1, 0.15) is 0 Å². The summed E-state index contributed by atoms with van der Waals surface area (Å²) >= 11 is 0. The number of hydrogen-bond donors (Lipinski definition) is 1. The van der Waals surface area contributed by atoms with Crippen molar-refractivity contribution in [1.82, 2.24) is 9.97 Å². The molecule has 1 aromatic heterocycles. The van der Waals surface area contributed by atoms with Crippen molar-refractivity contribution in [2.24, 2.45) is 5.10 Å². The number of aryl methyl sites for hydroxylation is 2. The molecule has 2 aromatic rings. The van der Waals surface area contributed by atoms with Crippen LogP contribution in [0.3, 0.4) is 0 Å².